The van der Waals surface area contributed by atoms with Gasteiger partial charge in [0.15, 0.2) is 0 Å². The number of rotatable bonds is 1. The molecule has 0 saturated heterocycles. The third-order valence-electron chi connectivity index (χ3n) is 3.16. The van der Waals surface area contributed by atoms with Crippen LogP contribution in [0.5, 0.6) is 0 Å². The number of hydrogen-bond donors (Lipinski definition) is 2. The summed E-state index contributed by atoms with van der Waals surface area (Å²) < 4.78 is 0. The van der Waals surface area contributed by atoms with Gasteiger partial charge in [-0.2, -0.15) is 0 Å². The molecule has 0 amide bonds. The summed E-state index contributed by atoms with van der Waals surface area (Å²) in [6.45, 7) is 2.18. The van der Waals surface area contributed by atoms with Crippen molar-refractivity contribution < 1.29 is 0 Å². The van der Waals surface area contributed by atoms with Crippen LogP contribution in [0.15, 0.2) is 48.8 Å². The van der Waals surface area contributed by atoms with E-state index >= 15 is 0 Å². The average molecular weight is 210 g/mol. The van der Waals surface area contributed by atoms with Gasteiger partial charge >= 0.3 is 0 Å². The topological polar surface area (TPSA) is 24.1 Å². The van der Waals surface area contributed by atoms with Crippen molar-refractivity contribution in [3.8, 4) is 0 Å². The molecule has 0 radical (unpaired) electrons. The molecule has 80 valence electrons. The lowest BCUT2D eigenvalue weighted by Gasteiger charge is -2.17. The van der Waals surface area contributed by atoms with Crippen LogP contribution < -0.4 is 10.6 Å². The van der Waals surface area contributed by atoms with Crippen molar-refractivity contribution >= 4 is 10.8 Å². The molecule has 0 aliphatic carbocycles. The molecule has 3 rings (SSSR count). The fourth-order valence-corrected chi connectivity index (χ4v) is 2.27. The molecule has 1 aliphatic rings. The van der Waals surface area contributed by atoms with Gasteiger partial charge in [-0.15, -0.1) is 0 Å². The zero-order chi connectivity index (χ0) is 11.0. The minimum Gasteiger partial charge on any atom is -0.366 e. The standard InChI is InChI=1S/C14H14N2/c1-10-12-5-3-2-4-11(12)6-7-13(10)14-15-8-9-16-14/h2-9,14-16H,1H3. The lowest BCUT2D eigenvalue weighted by atomic mass is 9.98. The molecule has 0 spiro atoms. The SMILES string of the molecule is Cc1c(C2NC=CN2)ccc2ccccc12. The second kappa shape index (κ2) is 3.56. The normalized spacial score (nSPS) is 15.1. The molecule has 0 fully saturated rings. The average Bonchev–Trinajstić information content (AvgIpc) is 2.83. The predicted octanol–water partition coefficient (Wildman–Crippen LogP) is 2.81. The van der Waals surface area contributed by atoms with Gasteiger partial charge in [0.05, 0.1) is 0 Å². The third-order valence-corrected chi connectivity index (χ3v) is 3.16. The number of aryl methyl sites for hydroxylation is 1. The number of benzene rings is 2. The number of fused-ring (bicyclic) bond motifs is 1. The molecular weight excluding hydrogens is 196 g/mol. The Morgan fingerprint density at radius 1 is 0.938 bits per heavy atom. The fraction of sp³-hybridized carbons (Fsp3) is 0.143. The minimum absolute atomic E-state index is 0.213. The van der Waals surface area contributed by atoms with Crippen molar-refractivity contribution in [3.05, 3.63) is 59.9 Å². The van der Waals surface area contributed by atoms with Gasteiger partial charge in [0.25, 0.3) is 0 Å². The maximum atomic E-state index is 3.29. The third kappa shape index (κ3) is 1.34. The van der Waals surface area contributed by atoms with E-state index in [4.69, 9.17) is 0 Å². The highest BCUT2D eigenvalue weighted by Crippen LogP contribution is 2.25. The summed E-state index contributed by atoms with van der Waals surface area (Å²) in [6, 6.07) is 12.9. The molecule has 0 bridgehead atoms. The van der Waals surface area contributed by atoms with Crippen molar-refractivity contribution in [2.45, 2.75) is 13.1 Å². The maximum Gasteiger partial charge on any atom is 0.123 e. The fourth-order valence-electron chi connectivity index (χ4n) is 2.27. The van der Waals surface area contributed by atoms with E-state index in [1.165, 1.54) is 21.9 Å². The van der Waals surface area contributed by atoms with Crippen molar-refractivity contribution in [3.63, 3.8) is 0 Å². The van der Waals surface area contributed by atoms with Crippen LogP contribution in [-0.2, 0) is 0 Å². The van der Waals surface area contributed by atoms with Crippen LogP contribution in [0.2, 0.25) is 0 Å². The number of hydrogen-bond acceptors (Lipinski definition) is 2. The summed E-state index contributed by atoms with van der Waals surface area (Å²) in [5.74, 6) is 0. The van der Waals surface area contributed by atoms with Crippen molar-refractivity contribution in [1.29, 1.82) is 0 Å². The summed E-state index contributed by atoms with van der Waals surface area (Å²) in [4.78, 5) is 0. The molecule has 1 heterocycles. The van der Waals surface area contributed by atoms with E-state index < -0.39 is 0 Å². The zero-order valence-corrected chi connectivity index (χ0v) is 9.20. The van der Waals surface area contributed by atoms with Gasteiger partial charge in [-0.3, -0.25) is 0 Å². The highest BCUT2D eigenvalue weighted by Gasteiger charge is 2.14. The monoisotopic (exact) mass is 210 g/mol. The molecule has 2 aromatic carbocycles. The van der Waals surface area contributed by atoms with Crippen LogP contribution in [0, 0.1) is 6.92 Å². The van der Waals surface area contributed by atoms with Gasteiger partial charge in [-0.05, 0) is 28.8 Å². The summed E-state index contributed by atoms with van der Waals surface area (Å²) in [5.41, 5.74) is 2.65. The van der Waals surface area contributed by atoms with E-state index in [0.717, 1.165) is 0 Å². The molecule has 0 saturated carbocycles. The van der Waals surface area contributed by atoms with Gasteiger partial charge in [-0.1, -0.05) is 36.4 Å². The summed E-state index contributed by atoms with van der Waals surface area (Å²) in [6.07, 6.45) is 4.10. The van der Waals surface area contributed by atoms with Crippen LogP contribution in [0.4, 0.5) is 0 Å². The van der Waals surface area contributed by atoms with Gasteiger partial charge in [-0.25, -0.2) is 0 Å². The van der Waals surface area contributed by atoms with Crippen LogP contribution in [-0.4, -0.2) is 0 Å². The van der Waals surface area contributed by atoms with Crippen LogP contribution in [0.25, 0.3) is 10.8 Å². The first-order valence-electron chi connectivity index (χ1n) is 5.51. The van der Waals surface area contributed by atoms with Crippen molar-refractivity contribution in [2.75, 3.05) is 0 Å². The van der Waals surface area contributed by atoms with E-state index in [1.54, 1.807) is 0 Å². The molecule has 0 atom stereocenters. The molecule has 2 N–H and O–H groups in total. The van der Waals surface area contributed by atoms with Crippen LogP contribution in [0.1, 0.15) is 17.3 Å². The highest BCUT2D eigenvalue weighted by molar-refractivity contribution is 5.86. The molecular formula is C14H14N2. The Balaban J connectivity index is 2.16. The second-order valence-corrected chi connectivity index (χ2v) is 4.10. The van der Waals surface area contributed by atoms with Gasteiger partial charge in [0.2, 0.25) is 0 Å². The lowest BCUT2D eigenvalue weighted by molar-refractivity contribution is 0.605. The molecule has 16 heavy (non-hydrogen) atoms. The minimum atomic E-state index is 0.213. The van der Waals surface area contributed by atoms with Crippen molar-refractivity contribution in [2.24, 2.45) is 0 Å². The Labute approximate surface area is 95.0 Å². The zero-order valence-electron chi connectivity index (χ0n) is 9.20. The lowest BCUT2D eigenvalue weighted by Crippen LogP contribution is -2.21. The smallest absolute Gasteiger partial charge is 0.123 e. The van der Waals surface area contributed by atoms with Gasteiger partial charge < -0.3 is 10.6 Å². The first-order valence-corrected chi connectivity index (χ1v) is 5.51. The van der Waals surface area contributed by atoms with Gasteiger partial charge in [0, 0.05) is 12.4 Å². The quantitative estimate of drug-likeness (QED) is 0.756. The molecule has 0 unspecified atom stereocenters. The summed E-state index contributed by atoms with van der Waals surface area (Å²) in [7, 11) is 0. The largest absolute Gasteiger partial charge is 0.366 e. The Bertz CT molecular complexity index is 550. The van der Waals surface area contributed by atoms with E-state index in [-0.39, 0.29) is 6.17 Å². The predicted molar refractivity (Wildman–Crippen MR) is 66.8 cm³/mol. The van der Waals surface area contributed by atoms with E-state index in [2.05, 4.69) is 54.0 Å². The first kappa shape index (κ1) is 9.28. The Kier molecular flexibility index (Phi) is 2.07. The van der Waals surface area contributed by atoms with E-state index in [9.17, 15) is 0 Å². The van der Waals surface area contributed by atoms with E-state index in [0.29, 0.717) is 0 Å². The number of nitrogens with one attached hydrogen (secondary N) is 2. The highest BCUT2D eigenvalue weighted by atomic mass is 15.1. The second-order valence-electron chi connectivity index (χ2n) is 4.10. The molecule has 2 heteroatoms. The van der Waals surface area contributed by atoms with Crippen molar-refractivity contribution in [1.82, 2.24) is 10.6 Å². The van der Waals surface area contributed by atoms with Crippen LogP contribution >= 0.6 is 0 Å². The Morgan fingerprint density at radius 3 is 2.50 bits per heavy atom. The molecule has 2 nitrogen and oxygen atoms in total. The first-order chi connectivity index (χ1) is 7.86. The van der Waals surface area contributed by atoms with E-state index in [1.807, 2.05) is 12.4 Å². The molecule has 2 aromatic rings. The Morgan fingerprint density at radius 2 is 1.69 bits per heavy atom. The Hall–Kier alpha value is -1.96. The summed E-state index contributed by atoms with van der Waals surface area (Å²) in [5, 5.41) is 9.20. The van der Waals surface area contributed by atoms with Gasteiger partial charge in [0.1, 0.15) is 6.17 Å². The maximum absolute atomic E-state index is 3.29. The molecule has 1 aliphatic heterocycles. The molecule has 0 aromatic heterocycles. The summed E-state index contributed by atoms with van der Waals surface area (Å²) >= 11 is 0. The van der Waals surface area contributed by atoms with Crippen LogP contribution in [0.3, 0.4) is 0 Å².